The number of aryl methyl sites for hydroxylation is 1. The summed E-state index contributed by atoms with van der Waals surface area (Å²) in [6.07, 6.45) is 5.76. The standard InChI is InChI=1S/C27H30N2O2S/c1-20-9-8-14-24(17-20)29(25(30)18-21-15-16-32-19-21)26(22-10-4-2-5-11-22)27(31)28-23-12-6-3-7-13-23/h2,4-5,8-11,14-17,19,23,26H,3,6-7,12-13,18H2,1H3,(H,28,31)/t26-/m0/s1. The summed E-state index contributed by atoms with van der Waals surface area (Å²) in [4.78, 5) is 29.1. The average Bonchev–Trinajstić information content (AvgIpc) is 3.31. The molecule has 1 atom stereocenters. The fourth-order valence-corrected chi connectivity index (χ4v) is 5.12. The highest BCUT2D eigenvalue weighted by Crippen LogP contribution is 2.30. The number of carbonyl (C=O) groups is 2. The topological polar surface area (TPSA) is 49.4 Å². The summed E-state index contributed by atoms with van der Waals surface area (Å²) in [7, 11) is 0. The monoisotopic (exact) mass is 446 g/mol. The van der Waals surface area contributed by atoms with Gasteiger partial charge in [0.2, 0.25) is 11.8 Å². The van der Waals surface area contributed by atoms with Crippen LogP contribution in [0.15, 0.2) is 71.4 Å². The normalized spacial score (nSPS) is 15.2. The highest BCUT2D eigenvalue weighted by atomic mass is 32.1. The van der Waals surface area contributed by atoms with Crippen molar-refractivity contribution in [1.82, 2.24) is 5.32 Å². The smallest absolute Gasteiger partial charge is 0.248 e. The molecule has 2 aromatic carbocycles. The summed E-state index contributed by atoms with van der Waals surface area (Å²) in [6, 6.07) is 18.9. The van der Waals surface area contributed by atoms with Gasteiger partial charge >= 0.3 is 0 Å². The van der Waals surface area contributed by atoms with E-state index in [1.807, 2.05) is 78.3 Å². The van der Waals surface area contributed by atoms with Crippen molar-refractivity contribution in [3.8, 4) is 0 Å². The van der Waals surface area contributed by atoms with Crippen LogP contribution in [0.3, 0.4) is 0 Å². The van der Waals surface area contributed by atoms with Crippen LogP contribution >= 0.6 is 11.3 Å². The zero-order valence-electron chi connectivity index (χ0n) is 18.5. The molecule has 4 nitrogen and oxygen atoms in total. The van der Waals surface area contributed by atoms with E-state index in [-0.39, 0.29) is 24.3 Å². The Balaban J connectivity index is 1.72. The molecule has 0 saturated heterocycles. The quantitative estimate of drug-likeness (QED) is 0.497. The molecule has 0 radical (unpaired) electrons. The number of amides is 2. The predicted molar refractivity (Wildman–Crippen MR) is 131 cm³/mol. The van der Waals surface area contributed by atoms with E-state index in [9.17, 15) is 9.59 Å². The van der Waals surface area contributed by atoms with Crippen LogP contribution in [0.2, 0.25) is 0 Å². The van der Waals surface area contributed by atoms with Crippen LogP contribution < -0.4 is 10.2 Å². The number of nitrogens with zero attached hydrogens (tertiary/aromatic N) is 1. The molecule has 3 aromatic rings. The van der Waals surface area contributed by atoms with Crippen molar-refractivity contribution in [2.24, 2.45) is 0 Å². The van der Waals surface area contributed by atoms with Crippen LogP contribution in [-0.4, -0.2) is 17.9 Å². The molecule has 1 saturated carbocycles. The first-order chi connectivity index (χ1) is 15.6. The van der Waals surface area contributed by atoms with Gasteiger partial charge in [0.15, 0.2) is 0 Å². The molecule has 4 rings (SSSR count). The largest absolute Gasteiger partial charge is 0.351 e. The molecular weight excluding hydrogens is 416 g/mol. The zero-order valence-corrected chi connectivity index (χ0v) is 19.3. The van der Waals surface area contributed by atoms with E-state index >= 15 is 0 Å². The van der Waals surface area contributed by atoms with E-state index in [1.165, 1.54) is 6.42 Å². The van der Waals surface area contributed by atoms with Crippen LogP contribution in [0.25, 0.3) is 0 Å². The lowest BCUT2D eigenvalue weighted by Gasteiger charge is -2.33. The molecule has 0 bridgehead atoms. The lowest BCUT2D eigenvalue weighted by molar-refractivity contribution is -0.127. The lowest BCUT2D eigenvalue weighted by Crippen LogP contribution is -2.47. The molecule has 1 heterocycles. The van der Waals surface area contributed by atoms with Gasteiger partial charge in [-0.25, -0.2) is 0 Å². The van der Waals surface area contributed by atoms with Crippen LogP contribution in [0, 0.1) is 6.92 Å². The number of carbonyl (C=O) groups excluding carboxylic acids is 2. The maximum absolute atomic E-state index is 13.7. The van der Waals surface area contributed by atoms with Crippen LogP contribution in [0.4, 0.5) is 5.69 Å². The molecule has 0 aliphatic heterocycles. The summed E-state index contributed by atoms with van der Waals surface area (Å²) >= 11 is 1.58. The Morgan fingerprint density at radius 1 is 1.03 bits per heavy atom. The molecule has 1 aromatic heterocycles. The number of benzene rings is 2. The van der Waals surface area contributed by atoms with Crippen molar-refractivity contribution in [1.29, 1.82) is 0 Å². The molecule has 5 heteroatoms. The van der Waals surface area contributed by atoms with Gasteiger partial charge in [0.05, 0.1) is 6.42 Å². The third-order valence-corrected chi connectivity index (χ3v) is 6.79. The summed E-state index contributed by atoms with van der Waals surface area (Å²) in [5.74, 6) is -0.190. The summed E-state index contributed by atoms with van der Waals surface area (Å²) in [5.41, 5.74) is 3.59. The minimum absolute atomic E-state index is 0.0818. The summed E-state index contributed by atoms with van der Waals surface area (Å²) in [5, 5.41) is 7.23. The van der Waals surface area contributed by atoms with Crippen LogP contribution in [-0.2, 0) is 16.0 Å². The Kier molecular flexibility index (Phi) is 7.38. The first kappa shape index (κ1) is 22.3. The van der Waals surface area contributed by atoms with Gasteiger partial charge < -0.3 is 5.32 Å². The SMILES string of the molecule is Cc1cccc(N(C(=O)Cc2ccsc2)[C@H](C(=O)NC2CCCCC2)c2ccccc2)c1. The third kappa shape index (κ3) is 5.46. The van der Waals surface area contributed by atoms with E-state index in [0.717, 1.165) is 48.1 Å². The van der Waals surface area contributed by atoms with Gasteiger partial charge in [0, 0.05) is 11.7 Å². The van der Waals surface area contributed by atoms with Gasteiger partial charge in [0.1, 0.15) is 6.04 Å². The van der Waals surface area contributed by atoms with E-state index < -0.39 is 6.04 Å². The van der Waals surface area contributed by atoms with Crippen molar-refractivity contribution in [2.75, 3.05) is 4.90 Å². The first-order valence-electron chi connectivity index (χ1n) is 11.4. The minimum atomic E-state index is -0.717. The Bertz CT molecular complexity index is 1030. The molecule has 1 aliphatic rings. The number of hydrogen-bond donors (Lipinski definition) is 1. The molecule has 1 aliphatic carbocycles. The lowest BCUT2D eigenvalue weighted by atomic mass is 9.94. The zero-order chi connectivity index (χ0) is 22.3. The Morgan fingerprint density at radius 2 is 1.81 bits per heavy atom. The average molecular weight is 447 g/mol. The van der Waals surface area contributed by atoms with Gasteiger partial charge in [-0.1, -0.05) is 61.7 Å². The minimum Gasteiger partial charge on any atom is -0.351 e. The summed E-state index contributed by atoms with van der Waals surface area (Å²) in [6.45, 7) is 2.00. The van der Waals surface area contributed by atoms with Gasteiger partial charge in [-0.05, 0) is 65.4 Å². The highest BCUT2D eigenvalue weighted by molar-refractivity contribution is 7.08. The highest BCUT2D eigenvalue weighted by Gasteiger charge is 2.34. The Labute approximate surface area is 194 Å². The fraction of sp³-hybridized carbons (Fsp3) is 0.333. The molecule has 1 fully saturated rings. The molecule has 0 spiro atoms. The van der Waals surface area contributed by atoms with Crippen molar-refractivity contribution in [2.45, 2.75) is 57.5 Å². The van der Waals surface area contributed by atoms with Gasteiger partial charge in [-0.15, -0.1) is 0 Å². The second kappa shape index (κ2) is 10.6. The van der Waals surface area contributed by atoms with Gasteiger partial charge in [-0.3, -0.25) is 14.5 Å². The van der Waals surface area contributed by atoms with E-state index in [4.69, 9.17) is 0 Å². The number of thiophene rings is 1. The van der Waals surface area contributed by atoms with Crippen molar-refractivity contribution >= 4 is 28.8 Å². The van der Waals surface area contributed by atoms with Crippen LogP contribution in [0.5, 0.6) is 0 Å². The van der Waals surface area contributed by atoms with Crippen molar-refractivity contribution < 1.29 is 9.59 Å². The fourth-order valence-electron chi connectivity index (χ4n) is 4.45. The van der Waals surface area contributed by atoms with Gasteiger partial charge in [0.25, 0.3) is 0 Å². The molecule has 2 amide bonds. The van der Waals surface area contributed by atoms with E-state index in [1.54, 1.807) is 16.2 Å². The van der Waals surface area contributed by atoms with Crippen LogP contribution in [0.1, 0.15) is 54.8 Å². The molecule has 0 unspecified atom stereocenters. The van der Waals surface area contributed by atoms with Crippen molar-refractivity contribution in [3.63, 3.8) is 0 Å². The molecule has 1 N–H and O–H groups in total. The Morgan fingerprint density at radius 3 is 2.50 bits per heavy atom. The van der Waals surface area contributed by atoms with E-state index in [2.05, 4.69) is 5.32 Å². The van der Waals surface area contributed by atoms with E-state index in [0.29, 0.717) is 0 Å². The number of hydrogen-bond acceptors (Lipinski definition) is 3. The Hall–Kier alpha value is -2.92. The summed E-state index contributed by atoms with van der Waals surface area (Å²) < 4.78 is 0. The molecular formula is C27H30N2O2S. The number of nitrogens with one attached hydrogen (secondary N) is 1. The molecule has 166 valence electrons. The van der Waals surface area contributed by atoms with Gasteiger partial charge in [-0.2, -0.15) is 11.3 Å². The van der Waals surface area contributed by atoms with Crippen molar-refractivity contribution in [3.05, 3.63) is 88.1 Å². The second-order valence-electron chi connectivity index (χ2n) is 8.57. The number of rotatable bonds is 7. The predicted octanol–water partition coefficient (Wildman–Crippen LogP) is 5.82. The molecule has 32 heavy (non-hydrogen) atoms. The maximum Gasteiger partial charge on any atom is 0.248 e. The third-order valence-electron chi connectivity index (χ3n) is 6.06. The first-order valence-corrected chi connectivity index (χ1v) is 12.3. The maximum atomic E-state index is 13.7. The second-order valence-corrected chi connectivity index (χ2v) is 9.35. The number of anilines is 1.